The Morgan fingerprint density at radius 3 is 2.50 bits per heavy atom. The van der Waals surface area contributed by atoms with Crippen molar-refractivity contribution in [3.8, 4) is 0 Å². The average Bonchev–Trinajstić information content (AvgIpc) is 3.41. The molecule has 124 valence electrons. The number of amides is 3. The van der Waals surface area contributed by atoms with Crippen molar-refractivity contribution in [3.05, 3.63) is 66.0 Å². The summed E-state index contributed by atoms with van der Waals surface area (Å²) < 4.78 is 0. The molecule has 0 unspecified atom stereocenters. The Bertz CT molecular complexity index is 647. The monoisotopic (exact) mass is 324 g/mol. The summed E-state index contributed by atoms with van der Waals surface area (Å²) in [4.78, 5) is 27.9. The van der Waals surface area contributed by atoms with Gasteiger partial charge < -0.3 is 5.32 Å². The molecule has 24 heavy (non-hydrogen) atoms. The molecular formula is C18H20N4O2. The largest absolute Gasteiger partial charge is 0.335 e. The van der Waals surface area contributed by atoms with Crippen LogP contribution in [0.25, 0.3) is 0 Å². The standard InChI is InChI=1S/C18H20N4O2/c23-16(22-18(24)21-14-9-10-14)12-20-17(13-6-2-1-3-7-13)15-8-4-5-11-19-15/h1-8,11,14,17,20H,9-10,12H2,(H2,21,22,23,24)/t17-/m1/s1. The zero-order valence-corrected chi connectivity index (χ0v) is 13.2. The third kappa shape index (κ3) is 4.63. The van der Waals surface area contributed by atoms with Crippen LogP contribution in [-0.2, 0) is 4.79 Å². The van der Waals surface area contributed by atoms with E-state index in [1.165, 1.54) is 0 Å². The van der Waals surface area contributed by atoms with Crippen molar-refractivity contribution >= 4 is 11.9 Å². The van der Waals surface area contributed by atoms with Crippen LogP contribution >= 0.6 is 0 Å². The zero-order chi connectivity index (χ0) is 16.8. The number of rotatable bonds is 6. The molecule has 1 aliphatic carbocycles. The third-order valence-corrected chi connectivity index (χ3v) is 3.75. The molecular weight excluding hydrogens is 304 g/mol. The molecule has 0 spiro atoms. The minimum absolute atomic E-state index is 0.0220. The summed E-state index contributed by atoms with van der Waals surface area (Å²) in [6.07, 6.45) is 3.68. The summed E-state index contributed by atoms with van der Waals surface area (Å²) in [5.74, 6) is -0.370. The molecule has 1 saturated carbocycles. The first-order valence-corrected chi connectivity index (χ1v) is 8.02. The molecule has 1 aliphatic rings. The van der Waals surface area contributed by atoms with Crippen LogP contribution in [0.15, 0.2) is 54.7 Å². The van der Waals surface area contributed by atoms with Crippen molar-refractivity contribution in [3.63, 3.8) is 0 Å². The van der Waals surface area contributed by atoms with Gasteiger partial charge in [0, 0.05) is 12.2 Å². The Hall–Kier alpha value is -2.73. The second-order valence-electron chi connectivity index (χ2n) is 5.78. The van der Waals surface area contributed by atoms with Gasteiger partial charge in [0.1, 0.15) is 0 Å². The topological polar surface area (TPSA) is 83.1 Å². The summed E-state index contributed by atoms with van der Waals surface area (Å²) in [6.45, 7) is 0.0220. The van der Waals surface area contributed by atoms with Crippen molar-refractivity contribution in [2.45, 2.75) is 24.9 Å². The van der Waals surface area contributed by atoms with Crippen LogP contribution in [0.3, 0.4) is 0 Å². The number of hydrogen-bond donors (Lipinski definition) is 3. The molecule has 3 N–H and O–H groups in total. The van der Waals surface area contributed by atoms with E-state index in [4.69, 9.17) is 0 Å². The van der Waals surface area contributed by atoms with Gasteiger partial charge in [0.05, 0.1) is 18.3 Å². The van der Waals surface area contributed by atoms with Gasteiger partial charge in [0.2, 0.25) is 5.91 Å². The summed E-state index contributed by atoms with van der Waals surface area (Å²) in [7, 11) is 0. The molecule has 2 aromatic rings. The minimum atomic E-state index is -0.432. The molecule has 0 radical (unpaired) electrons. The highest BCUT2D eigenvalue weighted by Gasteiger charge is 2.24. The van der Waals surface area contributed by atoms with Crippen LogP contribution in [0.4, 0.5) is 4.79 Å². The first kappa shape index (κ1) is 16.1. The maximum Gasteiger partial charge on any atom is 0.321 e. The third-order valence-electron chi connectivity index (χ3n) is 3.75. The second kappa shape index (κ2) is 7.70. The summed E-state index contributed by atoms with van der Waals surface area (Å²) in [5, 5.41) is 8.23. The lowest BCUT2D eigenvalue weighted by Crippen LogP contribution is -2.44. The van der Waals surface area contributed by atoms with E-state index in [1.807, 2.05) is 48.5 Å². The maximum absolute atomic E-state index is 12.0. The number of carbonyl (C=O) groups excluding carboxylic acids is 2. The average molecular weight is 324 g/mol. The Morgan fingerprint density at radius 2 is 1.83 bits per heavy atom. The molecule has 3 rings (SSSR count). The van der Waals surface area contributed by atoms with Gasteiger partial charge in [-0.3, -0.25) is 20.4 Å². The van der Waals surface area contributed by atoms with Crippen molar-refractivity contribution in [2.75, 3.05) is 6.54 Å². The first-order valence-electron chi connectivity index (χ1n) is 8.02. The van der Waals surface area contributed by atoms with Crippen molar-refractivity contribution in [2.24, 2.45) is 0 Å². The molecule has 0 saturated heterocycles. The van der Waals surface area contributed by atoms with E-state index in [0.717, 1.165) is 24.1 Å². The highest BCUT2D eigenvalue weighted by molar-refractivity contribution is 5.95. The highest BCUT2D eigenvalue weighted by Crippen LogP contribution is 2.19. The number of benzene rings is 1. The van der Waals surface area contributed by atoms with E-state index in [9.17, 15) is 9.59 Å². The highest BCUT2D eigenvalue weighted by atomic mass is 16.2. The Morgan fingerprint density at radius 1 is 1.08 bits per heavy atom. The number of urea groups is 1. The van der Waals surface area contributed by atoms with Gasteiger partial charge in [0.15, 0.2) is 0 Å². The van der Waals surface area contributed by atoms with E-state index in [1.54, 1.807) is 6.20 Å². The molecule has 1 heterocycles. The fourth-order valence-corrected chi connectivity index (χ4v) is 2.40. The maximum atomic E-state index is 12.0. The number of imide groups is 1. The SMILES string of the molecule is O=C(CN[C@H](c1ccccc1)c1ccccn1)NC(=O)NC1CC1. The fourth-order valence-electron chi connectivity index (χ4n) is 2.40. The van der Waals surface area contributed by atoms with Gasteiger partial charge in [-0.2, -0.15) is 0 Å². The number of nitrogens with one attached hydrogen (secondary N) is 3. The van der Waals surface area contributed by atoms with Crippen molar-refractivity contribution in [1.82, 2.24) is 20.9 Å². The molecule has 1 atom stereocenters. The Kier molecular flexibility index (Phi) is 5.18. The molecule has 1 fully saturated rings. The van der Waals surface area contributed by atoms with E-state index < -0.39 is 6.03 Å². The summed E-state index contributed by atoms with van der Waals surface area (Å²) >= 11 is 0. The van der Waals surface area contributed by atoms with Crippen LogP contribution in [0.2, 0.25) is 0 Å². The van der Waals surface area contributed by atoms with Crippen LogP contribution in [0.1, 0.15) is 30.1 Å². The summed E-state index contributed by atoms with van der Waals surface area (Å²) in [5.41, 5.74) is 1.82. The summed E-state index contributed by atoms with van der Waals surface area (Å²) in [6, 6.07) is 15.0. The van der Waals surface area contributed by atoms with Gasteiger partial charge in [-0.05, 0) is 30.5 Å². The van der Waals surface area contributed by atoms with E-state index in [0.29, 0.717) is 0 Å². The zero-order valence-electron chi connectivity index (χ0n) is 13.2. The Balaban J connectivity index is 1.61. The van der Waals surface area contributed by atoms with Crippen LogP contribution in [-0.4, -0.2) is 29.5 Å². The van der Waals surface area contributed by atoms with E-state index in [-0.39, 0.29) is 24.5 Å². The molecule has 3 amide bonds. The number of pyridine rings is 1. The fraction of sp³-hybridized carbons (Fsp3) is 0.278. The van der Waals surface area contributed by atoms with Crippen molar-refractivity contribution in [1.29, 1.82) is 0 Å². The first-order chi connectivity index (χ1) is 11.7. The van der Waals surface area contributed by atoms with Crippen LogP contribution in [0.5, 0.6) is 0 Å². The molecule has 6 nitrogen and oxygen atoms in total. The van der Waals surface area contributed by atoms with Crippen LogP contribution in [0, 0.1) is 0 Å². The van der Waals surface area contributed by atoms with Gasteiger partial charge in [0.25, 0.3) is 0 Å². The second-order valence-corrected chi connectivity index (χ2v) is 5.78. The minimum Gasteiger partial charge on any atom is -0.335 e. The number of nitrogens with zero attached hydrogens (tertiary/aromatic N) is 1. The quantitative estimate of drug-likeness (QED) is 0.756. The van der Waals surface area contributed by atoms with Gasteiger partial charge >= 0.3 is 6.03 Å². The van der Waals surface area contributed by atoms with Gasteiger partial charge in [-0.15, -0.1) is 0 Å². The molecule has 1 aromatic carbocycles. The number of aromatic nitrogens is 1. The van der Waals surface area contributed by atoms with Crippen LogP contribution < -0.4 is 16.0 Å². The lowest BCUT2D eigenvalue weighted by atomic mass is 10.0. The molecule has 1 aromatic heterocycles. The molecule has 0 bridgehead atoms. The predicted molar refractivity (Wildman–Crippen MR) is 90.2 cm³/mol. The molecule has 6 heteroatoms. The van der Waals surface area contributed by atoms with Crippen molar-refractivity contribution < 1.29 is 9.59 Å². The van der Waals surface area contributed by atoms with Gasteiger partial charge in [-0.25, -0.2) is 4.79 Å². The van der Waals surface area contributed by atoms with Gasteiger partial charge in [-0.1, -0.05) is 36.4 Å². The lowest BCUT2D eigenvalue weighted by Gasteiger charge is -2.18. The number of carbonyl (C=O) groups is 2. The van der Waals surface area contributed by atoms with E-state index in [2.05, 4.69) is 20.9 Å². The smallest absolute Gasteiger partial charge is 0.321 e. The number of hydrogen-bond acceptors (Lipinski definition) is 4. The normalized spacial score (nSPS) is 14.7. The predicted octanol–water partition coefficient (Wildman–Crippen LogP) is 1.75. The van der Waals surface area contributed by atoms with E-state index >= 15 is 0 Å². The molecule has 0 aliphatic heterocycles. The Labute approximate surface area is 140 Å². The lowest BCUT2D eigenvalue weighted by molar-refractivity contribution is -0.119.